The van der Waals surface area contributed by atoms with E-state index in [1.807, 2.05) is 13.8 Å². The molecule has 2 aromatic rings. The van der Waals surface area contributed by atoms with E-state index in [4.69, 9.17) is 14.2 Å². The average molecular weight is 435 g/mol. The maximum atomic E-state index is 12.9. The highest BCUT2D eigenvalue weighted by atomic mass is 32.2. The van der Waals surface area contributed by atoms with Crippen LogP contribution in [0.25, 0.3) is 0 Å². The summed E-state index contributed by atoms with van der Waals surface area (Å²) >= 11 is 0. The first kappa shape index (κ1) is 22.1. The molecule has 1 amide bonds. The van der Waals surface area contributed by atoms with Crippen molar-refractivity contribution in [2.45, 2.75) is 24.8 Å². The van der Waals surface area contributed by atoms with Gasteiger partial charge < -0.3 is 19.5 Å². The zero-order valence-electron chi connectivity index (χ0n) is 17.3. The standard InChI is InChI=1S/C21H26N2O6S/c1-15(2)29-17-6-4-16(5-7-17)22-21(24)19-14-18(8-9-20(19)27-3)30(25,26)23-10-12-28-13-11-23/h4-9,14-15H,10-13H2,1-3H3,(H,22,24). The Bertz CT molecular complexity index is 983. The minimum atomic E-state index is -3.73. The molecule has 0 radical (unpaired) electrons. The Hall–Kier alpha value is -2.62. The van der Waals surface area contributed by atoms with E-state index >= 15 is 0 Å². The van der Waals surface area contributed by atoms with Crippen LogP contribution in [0.1, 0.15) is 24.2 Å². The molecule has 1 aliphatic heterocycles. The van der Waals surface area contributed by atoms with Crippen LogP contribution >= 0.6 is 0 Å². The topological polar surface area (TPSA) is 94.2 Å². The Morgan fingerprint density at radius 3 is 2.37 bits per heavy atom. The van der Waals surface area contributed by atoms with E-state index in [1.54, 1.807) is 24.3 Å². The Labute approximate surface area is 176 Å². The first-order valence-corrected chi connectivity index (χ1v) is 11.1. The van der Waals surface area contributed by atoms with Gasteiger partial charge in [-0.05, 0) is 56.3 Å². The molecule has 0 aliphatic carbocycles. The molecule has 0 aromatic heterocycles. The molecule has 2 aromatic carbocycles. The van der Waals surface area contributed by atoms with Gasteiger partial charge in [0.25, 0.3) is 5.91 Å². The smallest absolute Gasteiger partial charge is 0.259 e. The molecule has 0 saturated carbocycles. The molecule has 0 spiro atoms. The van der Waals surface area contributed by atoms with Gasteiger partial charge in [-0.1, -0.05) is 0 Å². The summed E-state index contributed by atoms with van der Waals surface area (Å²) in [5.74, 6) is 0.510. The highest BCUT2D eigenvalue weighted by molar-refractivity contribution is 7.89. The van der Waals surface area contributed by atoms with Crippen molar-refractivity contribution in [1.82, 2.24) is 4.31 Å². The minimum absolute atomic E-state index is 0.0380. The van der Waals surface area contributed by atoms with Gasteiger partial charge in [-0.3, -0.25) is 4.79 Å². The summed E-state index contributed by atoms with van der Waals surface area (Å²) in [7, 11) is -2.30. The number of anilines is 1. The van der Waals surface area contributed by atoms with Crippen molar-refractivity contribution in [2.75, 3.05) is 38.7 Å². The second kappa shape index (κ2) is 9.46. The van der Waals surface area contributed by atoms with Crippen molar-refractivity contribution in [2.24, 2.45) is 0 Å². The van der Waals surface area contributed by atoms with Gasteiger partial charge in [0.05, 0.1) is 36.9 Å². The van der Waals surface area contributed by atoms with E-state index < -0.39 is 15.9 Å². The van der Waals surface area contributed by atoms with Crippen LogP contribution in [0.2, 0.25) is 0 Å². The van der Waals surface area contributed by atoms with Crippen molar-refractivity contribution in [3.63, 3.8) is 0 Å². The first-order chi connectivity index (χ1) is 14.3. The van der Waals surface area contributed by atoms with Crippen molar-refractivity contribution >= 4 is 21.6 Å². The van der Waals surface area contributed by atoms with Crippen LogP contribution in [-0.2, 0) is 14.8 Å². The van der Waals surface area contributed by atoms with Crippen LogP contribution in [0.5, 0.6) is 11.5 Å². The normalized spacial score (nSPS) is 15.1. The zero-order chi connectivity index (χ0) is 21.7. The van der Waals surface area contributed by atoms with Crippen molar-refractivity contribution in [3.05, 3.63) is 48.0 Å². The van der Waals surface area contributed by atoms with Crippen molar-refractivity contribution < 1.29 is 27.4 Å². The van der Waals surface area contributed by atoms with Gasteiger partial charge in [-0.15, -0.1) is 0 Å². The lowest BCUT2D eigenvalue weighted by molar-refractivity contribution is 0.0730. The number of hydrogen-bond acceptors (Lipinski definition) is 6. The van der Waals surface area contributed by atoms with Crippen LogP contribution in [0.15, 0.2) is 47.4 Å². The van der Waals surface area contributed by atoms with Crippen LogP contribution in [0.4, 0.5) is 5.69 Å². The lowest BCUT2D eigenvalue weighted by atomic mass is 10.2. The Balaban J connectivity index is 1.83. The second-order valence-corrected chi connectivity index (χ2v) is 8.96. The number of benzene rings is 2. The number of sulfonamides is 1. The first-order valence-electron chi connectivity index (χ1n) is 9.65. The fourth-order valence-electron chi connectivity index (χ4n) is 3.05. The number of nitrogens with one attached hydrogen (secondary N) is 1. The van der Waals surface area contributed by atoms with E-state index in [0.717, 1.165) is 0 Å². The van der Waals surface area contributed by atoms with Crippen LogP contribution < -0.4 is 14.8 Å². The van der Waals surface area contributed by atoms with Gasteiger partial charge in [-0.2, -0.15) is 4.31 Å². The minimum Gasteiger partial charge on any atom is -0.496 e. The van der Waals surface area contributed by atoms with Crippen LogP contribution in [0, 0.1) is 0 Å². The highest BCUT2D eigenvalue weighted by Crippen LogP contribution is 2.26. The monoisotopic (exact) mass is 434 g/mol. The summed E-state index contributed by atoms with van der Waals surface area (Å²) in [6.07, 6.45) is 0.0471. The predicted molar refractivity (Wildman–Crippen MR) is 113 cm³/mol. The molecule has 1 fully saturated rings. The molecular weight excluding hydrogens is 408 g/mol. The molecule has 1 saturated heterocycles. The Kier molecular flexibility index (Phi) is 6.96. The number of hydrogen-bond donors (Lipinski definition) is 1. The van der Waals surface area contributed by atoms with Gasteiger partial charge in [-0.25, -0.2) is 8.42 Å². The number of rotatable bonds is 7. The van der Waals surface area contributed by atoms with Crippen molar-refractivity contribution in [1.29, 1.82) is 0 Å². The van der Waals surface area contributed by atoms with Crippen LogP contribution in [0.3, 0.4) is 0 Å². The number of amides is 1. The number of nitrogens with zero attached hydrogens (tertiary/aromatic N) is 1. The van der Waals surface area contributed by atoms with Gasteiger partial charge in [0.2, 0.25) is 10.0 Å². The summed E-state index contributed by atoms with van der Waals surface area (Å²) in [5.41, 5.74) is 0.689. The molecule has 9 heteroatoms. The predicted octanol–water partition coefficient (Wildman–Crippen LogP) is 2.76. The summed E-state index contributed by atoms with van der Waals surface area (Å²) in [6, 6.07) is 11.2. The SMILES string of the molecule is COc1ccc(S(=O)(=O)N2CCOCC2)cc1C(=O)Nc1ccc(OC(C)C)cc1. The second-order valence-electron chi connectivity index (χ2n) is 7.02. The summed E-state index contributed by atoms with van der Waals surface area (Å²) in [6.45, 7) is 5.11. The van der Waals surface area contributed by atoms with Crippen molar-refractivity contribution in [3.8, 4) is 11.5 Å². The van der Waals surface area contributed by atoms with E-state index in [-0.39, 0.29) is 35.4 Å². The summed E-state index contributed by atoms with van der Waals surface area (Å²) in [4.78, 5) is 12.9. The lowest BCUT2D eigenvalue weighted by Gasteiger charge is -2.26. The third-order valence-electron chi connectivity index (χ3n) is 4.51. The fourth-order valence-corrected chi connectivity index (χ4v) is 4.48. The molecule has 8 nitrogen and oxygen atoms in total. The number of carbonyl (C=O) groups excluding carboxylic acids is 1. The molecular formula is C21H26N2O6S. The van der Waals surface area contributed by atoms with Gasteiger partial charge in [0, 0.05) is 18.8 Å². The third kappa shape index (κ3) is 5.10. The molecule has 30 heavy (non-hydrogen) atoms. The lowest BCUT2D eigenvalue weighted by Crippen LogP contribution is -2.40. The third-order valence-corrected chi connectivity index (χ3v) is 6.40. The zero-order valence-corrected chi connectivity index (χ0v) is 18.1. The summed E-state index contributed by atoms with van der Waals surface area (Å²) in [5, 5.41) is 2.77. The maximum Gasteiger partial charge on any atom is 0.259 e. The van der Waals surface area contributed by atoms with Gasteiger partial charge in [0.15, 0.2) is 0 Å². The van der Waals surface area contributed by atoms with E-state index in [1.165, 1.54) is 29.6 Å². The molecule has 0 atom stereocenters. The fraction of sp³-hybridized carbons (Fsp3) is 0.381. The van der Waals surface area contributed by atoms with Gasteiger partial charge in [0.1, 0.15) is 11.5 Å². The molecule has 1 aliphatic rings. The highest BCUT2D eigenvalue weighted by Gasteiger charge is 2.28. The summed E-state index contributed by atoms with van der Waals surface area (Å²) < 4.78 is 43.3. The number of methoxy groups -OCH3 is 1. The Morgan fingerprint density at radius 1 is 1.10 bits per heavy atom. The quantitative estimate of drug-likeness (QED) is 0.720. The van der Waals surface area contributed by atoms with Gasteiger partial charge >= 0.3 is 0 Å². The molecule has 162 valence electrons. The average Bonchev–Trinajstić information content (AvgIpc) is 2.75. The number of carbonyl (C=O) groups is 1. The number of ether oxygens (including phenoxy) is 3. The Morgan fingerprint density at radius 2 is 1.77 bits per heavy atom. The largest absolute Gasteiger partial charge is 0.496 e. The number of morpholine rings is 1. The molecule has 1 heterocycles. The molecule has 1 N–H and O–H groups in total. The molecule has 0 bridgehead atoms. The maximum absolute atomic E-state index is 12.9. The molecule has 0 unspecified atom stereocenters. The molecule has 3 rings (SSSR count). The van der Waals surface area contributed by atoms with E-state index in [9.17, 15) is 13.2 Å². The van der Waals surface area contributed by atoms with Crippen LogP contribution in [-0.4, -0.2) is 58.1 Å². The van der Waals surface area contributed by atoms with E-state index in [2.05, 4.69) is 5.32 Å². The van der Waals surface area contributed by atoms with E-state index in [0.29, 0.717) is 24.7 Å².